The third-order valence-electron chi connectivity index (χ3n) is 3.28. The van der Waals surface area contributed by atoms with E-state index in [0.29, 0.717) is 25.0 Å². The molecule has 0 amide bonds. The quantitative estimate of drug-likeness (QED) is 0.398. The molecule has 0 bridgehead atoms. The van der Waals surface area contributed by atoms with Gasteiger partial charge in [-0.2, -0.15) is 5.26 Å². The van der Waals surface area contributed by atoms with Crippen LogP contribution in [0.25, 0.3) is 0 Å². The number of hydrogen-bond donors (Lipinski definition) is 0. The van der Waals surface area contributed by atoms with Crippen molar-refractivity contribution >= 4 is 12.3 Å². The maximum atomic E-state index is 11.2. The van der Waals surface area contributed by atoms with Gasteiger partial charge in [0, 0.05) is 12.3 Å². The van der Waals surface area contributed by atoms with Crippen molar-refractivity contribution in [2.45, 2.75) is 39.0 Å². The molecule has 0 fully saturated rings. The normalized spacial score (nSPS) is 11.4. The number of rotatable bonds is 9. The molecule has 0 aliphatic heterocycles. The number of esters is 1. The summed E-state index contributed by atoms with van der Waals surface area (Å²) >= 11 is 0. The van der Waals surface area contributed by atoms with Gasteiger partial charge in [0.05, 0.1) is 18.2 Å². The van der Waals surface area contributed by atoms with Crippen molar-refractivity contribution in [3.8, 4) is 6.07 Å². The van der Waals surface area contributed by atoms with E-state index < -0.39 is 0 Å². The van der Waals surface area contributed by atoms with Gasteiger partial charge in [0.1, 0.15) is 6.29 Å². The molecule has 21 heavy (non-hydrogen) atoms. The molecule has 1 rings (SSSR count). The van der Waals surface area contributed by atoms with Gasteiger partial charge in [-0.15, -0.1) is 0 Å². The van der Waals surface area contributed by atoms with Crippen LogP contribution in [0.4, 0.5) is 0 Å². The number of unbranched alkanes of at least 4 members (excludes halogenated alkanes) is 1. The minimum Gasteiger partial charge on any atom is -0.466 e. The highest BCUT2D eigenvalue weighted by molar-refractivity contribution is 5.69. The highest BCUT2D eigenvalue weighted by Gasteiger charge is 2.09. The monoisotopic (exact) mass is 287 g/mol. The minimum atomic E-state index is -0.174. The van der Waals surface area contributed by atoms with E-state index in [-0.39, 0.29) is 11.9 Å². The predicted molar refractivity (Wildman–Crippen MR) is 79.5 cm³/mol. The van der Waals surface area contributed by atoms with Crippen LogP contribution in [0.5, 0.6) is 0 Å². The van der Waals surface area contributed by atoms with Crippen LogP contribution in [0.2, 0.25) is 0 Å². The van der Waals surface area contributed by atoms with Crippen molar-refractivity contribution in [2.24, 2.45) is 5.92 Å². The van der Waals surface area contributed by atoms with Crippen LogP contribution in [0, 0.1) is 17.2 Å². The molecule has 4 heteroatoms. The van der Waals surface area contributed by atoms with Crippen molar-refractivity contribution < 1.29 is 14.3 Å². The highest BCUT2D eigenvalue weighted by Crippen LogP contribution is 2.15. The molecule has 1 unspecified atom stereocenters. The van der Waals surface area contributed by atoms with Gasteiger partial charge in [0.2, 0.25) is 0 Å². The van der Waals surface area contributed by atoms with E-state index >= 15 is 0 Å². The van der Waals surface area contributed by atoms with Crippen LogP contribution in [0.3, 0.4) is 0 Å². The zero-order valence-electron chi connectivity index (χ0n) is 12.4. The predicted octanol–water partition coefficient (Wildman–Crippen LogP) is 3.04. The van der Waals surface area contributed by atoms with Crippen molar-refractivity contribution in [1.29, 1.82) is 5.26 Å². The largest absolute Gasteiger partial charge is 0.466 e. The van der Waals surface area contributed by atoms with Crippen LogP contribution < -0.4 is 0 Å². The zero-order valence-corrected chi connectivity index (χ0v) is 12.4. The second kappa shape index (κ2) is 9.71. The molecule has 0 spiro atoms. The van der Waals surface area contributed by atoms with Crippen molar-refractivity contribution in [3.05, 3.63) is 35.4 Å². The van der Waals surface area contributed by atoms with Gasteiger partial charge in [-0.05, 0) is 43.9 Å². The van der Waals surface area contributed by atoms with E-state index in [0.717, 1.165) is 31.1 Å². The summed E-state index contributed by atoms with van der Waals surface area (Å²) in [7, 11) is 0. The zero-order chi connectivity index (χ0) is 15.5. The molecule has 0 N–H and O–H groups in total. The van der Waals surface area contributed by atoms with Gasteiger partial charge >= 0.3 is 5.97 Å². The van der Waals surface area contributed by atoms with Gasteiger partial charge in [-0.1, -0.05) is 18.6 Å². The Kier molecular flexibility index (Phi) is 7.81. The van der Waals surface area contributed by atoms with Crippen molar-refractivity contribution in [2.75, 3.05) is 6.61 Å². The highest BCUT2D eigenvalue weighted by atomic mass is 16.5. The van der Waals surface area contributed by atoms with Gasteiger partial charge in [0.25, 0.3) is 0 Å². The first-order valence-corrected chi connectivity index (χ1v) is 7.29. The summed E-state index contributed by atoms with van der Waals surface area (Å²) in [6.07, 6.45) is 4.41. The van der Waals surface area contributed by atoms with E-state index in [1.165, 1.54) is 0 Å². The SMILES string of the molecule is CCOC(=O)CCCCC(C=O)Cc1ccc(C#N)cc1. The summed E-state index contributed by atoms with van der Waals surface area (Å²) in [5.41, 5.74) is 1.67. The first kappa shape index (κ1) is 16.9. The lowest BCUT2D eigenvalue weighted by Crippen LogP contribution is -2.07. The number of nitriles is 1. The van der Waals surface area contributed by atoms with Gasteiger partial charge in [-0.25, -0.2) is 0 Å². The van der Waals surface area contributed by atoms with Crippen LogP contribution in [-0.2, 0) is 20.7 Å². The average Bonchev–Trinajstić information content (AvgIpc) is 2.51. The van der Waals surface area contributed by atoms with Gasteiger partial charge in [-0.3, -0.25) is 4.79 Å². The molecule has 0 aliphatic carbocycles. The minimum absolute atomic E-state index is 0.0415. The molecule has 0 saturated carbocycles. The molecule has 0 aromatic heterocycles. The summed E-state index contributed by atoms with van der Waals surface area (Å²) in [6.45, 7) is 2.20. The molecule has 4 nitrogen and oxygen atoms in total. The Bertz CT molecular complexity index is 488. The molecular weight excluding hydrogens is 266 g/mol. The number of benzene rings is 1. The van der Waals surface area contributed by atoms with E-state index in [1.54, 1.807) is 19.1 Å². The Morgan fingerprint density at radius 1 is 1.33 bits per heavy atom. The second-order valence-electron chi connectivity index (χ2n) is 4.96. The Balaban J connectivity index is 2.32. The fourth-order valence-electron chi connectivity index (χ4n) is 2.15. The van der Waals surface area contributed by atoms with Crippen molar-refractivity contribution in [1.82, 2.24) is 0 Å². The average molecular weight is 287 g/mol. The first-order valence-electron chi connectivity index (χ1n) is 7.29. The van der Waals surface area contributed by atoms with Gasteiger partial charge in [0.15, 0.2) is 0 Å². The number of aldehydes is 1. The molecule has 112 valence electrons. The summed E-state index contributed by atoms with van der Waals surface area (Å²) in [4.78, 5) is 22.3. The molecule has 1 aromatic carbocycles. The Labute approximate surface area is 125 Å². The fraction of sp³-hybridized carbons (Fsp3) is 0.471. The third-order valence-corrected chi connectivity index (χ3v) is 3.28. The number of carbonyl (C=O) groups excluding carboxylic acids is 2. The van der Waals surface area contributed by atoms with Crippen LogP contribution in [0.1, 0.15) is 43.7 Å². The lowest BCUT2D eigenvalue weighted by atomic mass is 9.94. The smallest absolute Gasteiger partial charge is 0.305 e. The van der Waals surface area contributed by atoms with Gasteiger partial charge < -0.3 is 9.53 Å². The van der Waals surface area contributed by atoms with E-state index in [2.05, 4.69) is 6.07 Å². The Morgan fingerprint density at radius 2 is 2.05 bits per heavy atom. The Morgan fingerprint density at radius 3 is 2.62 bits per heavy atom. The standard InChI is InChI=1S/C17H21NO3/c1-2-21-17(20)6-4-3-5-16(13-19)11-14-7-9-15(12-18)10-8-14/h7-10,13,16H,2-6,11H2,1H3. The molecule has 1 aromatic rings. The van der Waals surface area contributed by atoms with E-state index in [9.17, 15) is 9.59 Å². The lowest BCUT2D eigenvalue weighted by molar-refractivity contribution is -0.143. The van der Waals surface area contributed by atoms with Crippen LogP contribution in [-0.4, -0.2) is 18.9 Å². The molecule has 0 saturated heterocycles. The van der Waals surface area contributed by atoms with E-state index in [4.69, 9.17) is 10.00 Å². The molecule has 0 heterocycles. The number of hydrogen-bond acceptors (Lipinski definition) is 4. The number of nitrogens with zero attached hydrogens (tertiary/aromatic N) is 1. The summed E-state index contributed by atoms with van der Waals surface area (Å²) < 4.78 is 4.86. The topological polar surface area (TPSA) is 67.2 Å². The summed E-state index contributed by atoms with van der Waals surface area (Å²) in [5.74, 6) is -0.215. The number of carbonyl (C=O) groups is 2. The third kappa shape index (κ3) is 6.71. The molecule has 0 radical (unpaired) electrons. The second-order valence-corrected chi connectivity index (χ2v) is 4.96. The van der Waals surface area contributed by atoms with Crippen LogP contribution in [0.15, 0.2) is 24.3 Å². The molecule has 0 aliphatic rings. The molecule has 1 atom stereocenters. The fourth-order valence-corrected chi connectivity index (χ4v) is 2.15. The summed E-state index contributed by atoms with van der Waals surface area (Å²) in [6, 6.07) is 9.36. The molecular formula is C17H21NO3. The number of ether oxygens (including phenoxy) is 1. The van der Waals surface area contributed by atoms with Crippen molar-refractivity contribution in [3.63, 3.8) is 0 Å². The first-order chi connectivity index (χ1) is 10.2. The maximum absolute atomic E-state index is 11.2. The van der Waals surface area contributed by atoms with E-state index in [1.807, 2.05) is 12.1 Å². The van der Waals surface area contributed by atoms with Crippen LogP contribution >= 0.6 is 0 Å². The summed E-state index contributed by atoms with van der Waals surface area (Å²) in [5, 5.41) is 8.74. The Hall–Kier alpha value is -2.15. The lowest BCUT2D eigenvalue weighted by Gasteiger charge is -2.10. The maximum Gasteiger partial charge on any atom is 0.305 e.